The number of carbonyl (C=O) groups is 1. The smallest absolute Gasteiger partial charge is 0.265 e. The van der Waals surface area contributed by atoms with Gasteiger partial charge in [-0.15, -0.1) is 0 Å². The van der Waals surface area contributed by atoms with Crippen LogP contribution in [-0.4, -0.2) is 12.0 Å². The Labute approximate surface area is 155 Å². The molecule has 0 aliphatic carbocycles. The van der Waals surface area contributed by atoms with Gasteiger partial charge in [0.25, 0.3) is 5.91 Å². The predicted molar refractivity (Wildman–Crippen MR) is 108 cm³/mol. The minimum Gasteiger partial charge on any atom is -0.481 e. The molecule has 0 aromatic heterocycles. The largest absolute Gasteiger partial charge is 0.481 e. The van der Waals surface area contributed by atoms with E-state index in [0.29, 0.717) is 5.75 Å². The number of ether oxygens (including phenoxy) is 1. The minimum atomic E-state index is -0.582. The van der Waals surface area contributed by atoms with Crippen molar-refractivity contribution in [2.75, 3.05) is 5.32 Å². The Morgan fingerprint density at radius 1 is 0.923 bits per heavy atom. The Morgan fingerprint density at radius 3 is 2.23 bits per heavy atom. The summed E-state index contributed by atoms with van der Waals surface area (Å²) in [4.78, 5) is 12.4. The van der Waals surface area contributed by atoms with E-state index in [9.17, 15) is 4.79 Å². The Bertz CT molecular complexity index is 907. The van der Waals surface area contributed by atoms with Crippen LogP contribution >= 0.6 is 0 Å². The zero-order chi connectivity index (χ0) is 18.7. The first-order valence-electron chi connectivity index (χ1n) is 8.90. The van der Waals surface area contributed by atoms with Crippen molar-refractivity contribution in [3.05, 3.63) is 72.3 Å². The number of hydrogen-bond donors (Lipinski definition) is 1. The molecule has 0 saturated carbocycles. The van der Waals surface area contributed by atoms with Gasteiger partial charge < -0.3 is 10.1 Å². The van der Waals surface area contributed by atoms with Gasteiger partial charge in [-0.05, 0) is 52.9 Å². The Balaban J connectivity index is 1.65. The Morgan fingerprint density at radius 2 is 1.58 bits per heavy atom. The van der Waals surface area contributed by atoms with Crippen LogP contribution < -0.4 is 10.1 Å². The van der Waals surface area contributed by atoms with E-state index >= 15 is 0 Å². The van der Waals surface area contributed by atoms with Gasteiger partial charge in [0.15, 0.2) is 6.10 Å². The van der Waals surface area contributed by atoms with E-state index in [2.05, 4.69) is 26.1 Å². The maximum Gasteiger partial charge on any atom is 0.265 e. The molecule has 0 bridgehead atoms. The van der Waals surface area contributed by atoms with Crippen molar-refractivity contribution >= 4 is 22.4 Å². The molecular formula is C23H25NO2. The van der Waals surface area contributed by atoms with E-state index in [-0.39, 0.29) is 11.3 Å². The van der Waals surface area contributed by atoms with Crippen LogP contribution in [0.2, 0.25) is 0 Å². The van der Waals surface area contributed by atoms with Gasteiger partial charge in [-0.2, -0.15) is 0 Å². The van der Waals surface area contributed by atoms with Crippen LogP contribution in [0.5, 0.6) is 5.75 Å². The van der Waals surface area contributed by atoms with Gasteiger partial charge in [0.05, 0.1) is 0 Å². The highest BCUT2D eigenvalue weighted by Gasteiger charge is 2.17. The van der Waals surface area contributed by atoms with Gasteiger partial charge in [-0.3, -0.25) is 4.79 Å². The molecule has 0 unspecified atom stereocenters. The first-order chi connectivity index (χ1) is 12.3. The summed E-state index contributed by atoms with van der Waals surface area (Å²) in [6.45, 7) is 8.27. The van der Waals surface area contributed by atoms with Crippen LogP contribution in [-0.2, 0) is 10.2 Å². The van der Waals surface area contributed by atoms with E-state index < -0.39 is 6.10 Å². The molecule has 3 aromatic rings. The average Bonchev–Trinajstić information content (AvgIpc) is 2.61. The molecule has 3 nitrogen and oxygen atoms in total. The van der Waals surface area contributed by atoms with E-state index in [0.717, 1.165) is 16.5 Å². The number of amides is 1. The molecule has 134 valence electrons. The van der Waals surface area contributed by atoms with Crippen molar-refractivity contribution in [1.29, 1.82) is 0 Å². The Hall–Kier alpha value is -2.81. The van der Waals surface area contributed by atoms with Gasteiger partial charge >= 0.3 is 0 Å². The standard InChI is InChI=1S/C23H25NO2/c1-16(26-21-13-10-19(11-14-21)23(2,3)4)22(25)24-20-12-9-17-7-5-6-8-18(17)15-20/h5-16H,1-4H3,(H,24,25)/t16-/m1/s1. The van der Waals surface area contributed by atoms with Crippen molar-refractivity contribution in [3.8, 4) is 5.75 Å². The van der Waals surface area contributed by atoms with Crippen molar-refractivity contribution in [1.82, 2.24) is 0 Å². The molecule has 0 radical (unpaired) electrons. The average molecular weight is 347 g/mol. The van der Waals surface area contributed by atoms with Crippen molar-refractivity contribution in [2.24, 2.45) is 0 Å². The number of rotatable bonds is 4. The summed E-state index contributed by atoms with van der Waals surface area (Å²) in [5, 5.41) is 5.17. The Kier molecular flexibility index (Phi) is 4.99. The van der Waals surface area contributed by atoms with Gasteiger partial charge in [0, 0.05) is 5.69 Å². The third-order valence-electron chi connectivity index (χ3n) is 4.42. The molecule has 3 rings (SSSR count). The zero-order valence-corrected chi connectivity index (χ0v) is 15.7. The van der Waals surface area contributed by atoms with Crippen LogP contribution in [0.15, 0.2) is 66.7 Å². The molecule has 3 heteroatoms. The van der Waals surface area contributed by atoms with Gasteiger partial charge in [-0.1, -0.05) is 63.2 Å². The lowest BCUT2D eigenvalue weighted by molar-refractivity contribution is -0.122. The second-order valence-corrected chi connectivity index (χ2v) is 7.59. The summed E-state index contributed by atoms with van der Waals surface area (Å²) in [5.74, 6) is 0.527. The van der Waals surface area contributed by atoms with Crippen LogP contribution in [0, 0.1) is 0 Å². The third-order valence-corrected chi connectivity index (χ3v) is 4.42. The van der Waals surface area contributed by atoms with E-state index in [1.165, 1.54) is 5.56 Å². The molecule has 0 aliphatic rings. The first kappa shape index (κ1) is 18.0. The van der Waals surface area contributed by atoms with E-state index in [4.69, 9.17) is 4.74 Å². The van der Waals surface area contributed by atoms with Crippen molar-refractivity contribution < 1.29 is 9.53 Å². The maximum absolute atomic E-state index is 12.4. The summed E-state index contributed by atoms with van der Waals surface area (Å²) in [5.41, 5.74) is 2.10. The number of fused-ring (bicyclic) bond motifs is 1. The highest BCUT2D eigenvalue weighted by Crippen LogP contribution is 2.25. The first-order valence-corrected chi connectivity index (χ1v) is 8.90. The molecule has 0 fully saturated rings. The highest BCUT2D eigenvalue weighted by atomic mass is 16.5. The summed E-state index contributed by atoms with van der Waals surface area (Å²) in [6, 6.07) is 21.9. The van der Waals surface area contributed by atoms with Gasteiger partial charge in [-0.25, -0.2) is 0 Å². The third kappa shape index (κ3) is 4.23. The number of anilines is 1. The minimum absolute atomic E-state index is 0.0948. The molecule has 0 heterocycles. The zero-order valence-electron chi connectivity index (χ0n) is 15.7. The molecule has 26 heavy (non-hydrogen) atoms. The molecule has 0 spiro atoms. The molecule has 0 saturated heterocycles. The van der Waals surface area contributed by atoms with E-state index in [1.807, 2.05) is 66.7 Å². The molecule has 1 N–H and O–H groups in total. The topological polar surface area (TPSA) is 38.3 Å². The summed E-state index contributed by atoms with van der Waals surface area (Å²) in [7, 11) is 0. The fraction of sp³-hybridized carbons (Fsp3) is 0.261. The fourth-order valence-corrected chi connectivity index (χ4v) is 2.80. The number of hydrogen-bond acceptors (Lipinski definition) is 2. The number of nitrogens with one attached hydrogen (secondary N) is 1. The summed E-state index contributed by atoms with van der Waals surface area (Å²) < 4.78 is 5.79. The molecule has 0 aliphatic heterocycles. The van der Waals surface area contributed by atoms with Crippen LogP contribution in [0.25, 0.3) is 10.8 Å². The maximum atomic E-state index is 12.4. The summed E-state index contributed by atoms with van der Waals surface area (Å²) in [6.07, 6.45) is -0.582. The van der Waals surface area contributed by atoms with E-state index in [1.54, 1.807) is 6.92 Å². The van der Waals surface area contributed by atoms with Crippen LogP contribution in [0.4, 0.5) is 5.69 Å². The van der Waals surface area contributed by atoms with Gasteiger partial charge in [0.2, 0.25) is 0 Å². The lowest BCUT2D eigenvalue weighted by Gasteiger charge is -2.20. The predicted octanol–water partition coefficient (Wildman–Crippen LogP) is 5.54. The van der Waals surface area contributed by atoms with Gasteiger partial charge in [0.1, 0.15) is 5.75 Å². The fourth-order valence-electron chi connectivity index (χ4n) is 2.80. The SMILES string of the molecule is C[C@@H](Oc1ccc(C(C)(C)C)cc1)C(=O)Nc1ccc2ccccc2c1. The number of carbonyl (C=O) groups excluding carboxylic acids is 1. The lowest BCUT2D eigenvalue weighted by atomic mass is 9.87. The lowest BCUT2D eigenvalue weighted by Crippen LogP contribution is -2.30. The molecule has 3 aromatic carbocycles. The molecule has 1 atom stereocenters. The van der Waals surface area contributed by atoms with Crippen molar-refractivity contribution in [2.45, 2.75) is 39.2 Å². The monoisotopic (exact) mass is 347 g/mol. The molecule has 1 amide bonds. The highest BCUT2D eigenvalue weighted by molar-refractivity contribution is 5.96. The number of benzene rings is 3. The quantitative estimate of drug-likeness (QED) is 0.672. The second-order valence-electron chi connectivity index (χ2n) is 7.59. The normalized spacial score (nSPS) is 12.6. The van der Waals surface area contributed by atoms with Crippen LogP contribution in [0.1, 0.15) is 33.3 Å². The molecular weight excluding hydrogens is 322 g/mol. The van der Waals surface area contributed by atoms with Crippen LogP contribution in [0.3, 0.4) is 0 Å². The summed E-state index contributed by atoms with van der Waals surface area (Å²) >= 11 is 0. The second kappa shape index (κ2) is 7.20. The van der Waals surface area contributed by atoms with Crippen molar-refractivity contribution in [3.63, 3.8) is 0 Å².